The molecule has 0 bridgehead atoms. The number of carbonyl (C=O) groups is 1. The molecule has 1 aromatic rings. The van der Waals surface area contributed by atoms with Gasteiger partial charge in [0.2, 0.25) is 0 Å². The topological polar surface area (TPSA) is 54.0 Å². The third-order valence-corrected chi connectivity index (χ3v) is 2.86. The largest absolute Gasteiger partial charge is 0.370 e. The van der Waals surface area contributed by atoms with Gasteiger partial charge in [-0.1, -0.05) is 0 Å². The summed E-state index contributed by atoms with van der Waals surface area (Å²) in [6.45, 7) is 4.51. The highest BCUT2D eigenvalue weighted by molar-refractivity contribution is 5.99. The van der Waals surface area contributed by atoms with E-state index in [0.29, 0.717) is 12.4 Å². The number of anilines is 1. The van der Waals surface area contributed by atoms with Crippen molar-refractivity contribution in [2.45, 2.75) is 32.2 Å². The molecule has 1 heterocycles. The minimum atomic E-state index is -0.502. The lowest BCUT2D eigenvalue weighted by atomic mass is 10.2. The minimum Gasteiger partial charge on any atom is -0.370 e. The Morgan fingerprint density at radius 1 is 1.59 bits per heavy atom. The second-order valence-corrected chi connectivity index (χ2v) is 4.59. The molecule has 5 heteroatoms. The van der Waals surface area contributed by atoms with E-state index in [-0.39, 0.29) is 17.0 Å². The fraction of sp³-hybridized carbons (Fsp3) is 0.500. The summed E-state index contributed by atoms with van der Waals surface area (Å²) >= 11 is 0. The number of hydrogen-bond donors (Lipinski definition) is 2. The van der Waals surface area contributed by atoms with Crippen LogP contribution in [0.25, 0.3) is 0 Å². The molecule has 1 aromatic heterocycles. The van der Waals surface area contributed by atoms with Crippen molar-refractivity contribution in [1.29, 1.82) is 0 Å². The normalized spacial score (nSPS) is 16.4. The lowest BCUT2D eigenvalue weighted by Crippen LogP contribution is -2.34. The van der Waals surface area contributed by atoms with Crippen LogP contribution in [0.1, 0.15) is 37.0 Å². The zero-order chi connectivity index (χ0) is 12.5. The third kappa shape index (κ3) is 2.72. The summed E-state index contributed by atoms with van der Waals surface area (Å²) in [5.41, 5.74) is 0.146. The average molecular weight is 237 g/mol. The summed E-state index contributed by atoms with van der Waals surface area (Å²) in [7, 11) is 0. The Morgan fingerprint density at radius 2 is 2.29 bits per heavy atom. The van der Waals surface area contributed by atoms with Crippen LogP contribution >= 0.6 is 0 Å². The summed E-state index contributed by atoms with van der Waals surface area (Å²) in [5, 5.41) is 5.84. The lowest BCUT2D eigenvalue weighted by molar-refractivity contribution is 0.0935. The van der Waals surface area contributed by atoms with Gasteiger partial charge in [-0.2, -0.15) is 0 Å². The van der Waals surface area contributed by atoms with Gasteiger partial charge in [-0.25, -0.2) is 9.37 Å². The van der Waals surface area contributed by atoms with Gasteiger partial charge >= 0.3 is 0 Å². The first kappa shape index (κ1) is 11.8. The molecular formula is C12H16FN3O. The molecule has 1 amide bonds. The van der Waals surface area contributed by atoms with E-state index in [1.165, 1.54) is 6.07 Å². The van der Waals surface area contributed by atoms with Gasteiger partial charge in [0.05, 0.1) is 11.8 Å². The first-order valence-corrected chi connectivity index (χ1v) is 5.76. The summed E-state index contributed by atoms with van der Waals surface area (Å²) in [5.74, 6) is -0.346. The quantitative estimate of drug-likeness (QED) is 0.841. The SMILES string of the molecule is CCNc1ncc(F)cc1C(=O)NC1(C)CC1. The Hall–Kier alpha value is -1.65. The average Bonchev–Trinajstić information content (AvgIpc) is 2.99. The van der Waals surface area contributed by atoms with E-state index >= 15 is 0 Å². The van der Waals surface area contributed by atoms with Gasteiger partial charge in [0.15, 0.2) is 0 Å². The van der Waals surface area contributed by atoms with Crippen LogP contribution in [0.15, 0.2) is 12.3 Å². The molecule has 0 spiro atoms. The van der Waals surface area contributed by atoms with Crippen molar-refractivity contribution >= 4 is 11.7 Å². The summed E-state index contributed by atoms with van der Waals surface area (Å²) in [6.07, 6.45) is 3.05. The van der Waals surface area contributed by atoms with Gasteiger partial charge in [0.25, 0.3) is 5.91 Å². The van der Waals surface area contributed by atoms with Crippen molar-refractivity contribution in [3.05, 3.63) is 23.6 Å². The van der Waals surface area contributed by atoms with Crippen LogP contribution in [0.4, 0.5) is 10.2 Å². The number of hydrogen-bond acceptors (Lipinski definition) is 3. The van der Waals surface area contributed by atoms with Crippen LogP contribution in [-0.4, -0.2) is 23.0 Å². The predicted octanol–water partition coefficient (Wildman–Crippen LogP) is 1.93. The zero-order valence-corrected chi connectivity index (χ0v) is 10.0. The minimum absolute atomic E-state index is 0.118. The number of carbonyl (C=O) groups excluding carboxylic acids is 1. The van der Waals surface area contributed by atoms with E-state index in [2.05, 4.69) is 15.6 Å². The molecular weight excluding hydrogens is 221 g/mol. The predicted molar refractivity (Wildman–Crippen MR) is 63.5 cm³/mol. The Bertz CT molecular complexity index is 443. The molecule has 1 saturated carbocycles. The van der Waals surface area contributed by atoms with Crippen molar-refractivity contribution in [2.24, 2.45) is 0 Å². The van der Waals surface area contributed by atoms with E-state index in [9.17, 15) is 9.18 Å². The van der Waals surface area contributed by atoms with Gasteiger partial charge < -0.3 is 10.6 Å². The number of aromatic nitrogens is 1. The van der Waals surface area contributed by atoms with E-state index in [1.807, 2.05) is 13.8 Å². The summed E-state index contributed by atoms with van der Waals surface area (Å²) < 4.78 is 13.1. The molecule has 0 aliphatic heterocycles. The maximum Gasteiger partial charge on any atom is 0.255 e. The fourth-order valence-corrected chi connectivity index (χ4v) is 1.57. The Kier molecular flexibility index (Phi) is 3.00. The van der Waals surface area contributed by atoms with Crippen molar-refractivity contribution in [3.63, 3.8) is 0 Å². The summed E-state index contributed by atoms with van der Waals surface area (Å²) in [4.78, 5) is 15.9. The number of nitrogens with one attached hydrogen (secondary N) is 2. The number of pyridine rings is 1. The molecule has 92 valence electrons. The van der Waals surface area contributed by atoms with E-state index in [1.54, 1.807) is 0 Å². The second-order valence-electron chi connectivity index (χ2n) is 4.59. The standard InChI is InChI=1S/C12H16FN3O/c1-3-14-10-9(6-8(13)7-15-10)11(17)16-12(2)4-5-12/h6-7H,3-5H2,1-2H3,(H,14,15)(H,16,17). The molecule has 1 aliphatic carbocycles. The number of nitrogens with zero attached hydrogens (tertiary/aromatic N) is 1. The lowest BCUT2D eigenvalue weighted by Gasteiger charge is -2.14. The van der Waals surface area contributed by atoms with Crippen LogP contribution in [0.2, 0.25) is 0 Å². The highest BCUT2D eigenvalue weighted by Gasteiger charge is 2.39. The first-order valence-electron chi connectivity index (χ1n) is 5.76. The maximum atomic E-state index is 13.1. The number of rotatable bonds is 4. The molecule has 1 aliphatic rings. The Morgan fingerprint density at radius 3 is 2.88 bits per heavy atom. The van der Waals surface area contributed by atoms with Gasteiger partial charge in [-0.15, -0.1) is 0 Å². The van der Waals surface area contributed by atoms with Gasteiger partial charge in [0, 0.05) is 12.1 Å². The zero-order valence-electron chi connectivity index (χ0n) is 10.0. The molecule has 17 heavy (non-hydrogen) atoms. The maximum absolute atomic E-state index is 13.1. The molecule has 2 rings (SSSR count). The van der Waals surface area contributed by atoms with Gasteiger partial charge in [-0.05, 0) is 32.8 Å². The highest BCUT2D eigenvalue weighted by atomic mass is 19.1. The van der Waals surface area contributed by atoms with Crippen LogP contribution in [0, 0.1) is 5.82 Å². The molecule has 0 radical (unpaired) electrons. The molecule has 4 nitrogen and oxygen atoms in total. The van der Waals surface area contributed by atoms with Crippen molar-refractivity contribution in [3.8, 4) is 0 Å². The summed E-state index contributed by atoms with van der Waals surface area (Å²) in [6, 6.07) is 1.21. The molecule has 0 saturated heterocycles. The van der Waals surface area contributed by atoms with Crippen molar-refractivity contribution in [2.75, 3.05) is 11.9 Å². The second kappa shape index (κ2) is 4.31. The number of amides is 1. The van der Waals surface area contributed by atoms with Crippen LogP contribution < -0.4 is 10.6 Å². The fourth-order valence-electron chi connectivity index (χ4n) is 1.57. The molecule has 0 aromatic carbocycles. The Balaban J connectivity index is 2.22. The van der Waals surface area contributed by atoms with Gasteiger partial charge in [0.1, 0.15) is 11.6 Å². The number of halogens is 1. The van der Waals surface area contributed by atoms with Crippen LogP contribution in [0.3, 0.4) is 0 Å². The smallest absolute Gasteiger partial charge is 0.255 e. The van der Waals surface area contributed by atoms with E-state index in [4.69, 9.17) is 0 Å². The van der Waals surface area contributed by atoms with Gasteiger partial charge in [-0.3, -0.25) is 4.79 Å². The van der Waals surface area contributed by atoms with Crippen LogP contribution in [0.5, 0.6) is 0 Å². The third-order valence-electron chi connectivity index (χ3n) is 2.86. The molecule has 0 unspecified atom stereocenters. The van der Waals surface area contributed by atoms with Crippen molar-refractivity contribution in [1.82, 2.24) is 10.3 Å². The highest BCUT2D eigenvalue weighted by Crippen LogP contribution is 2.34. The Labute approximate surface area is 99.6 Å². The van der Waals surface area contributed by atoms with Crippen LogP contribution in [-0.2, 0) is 0 Å². The first-order chi connectivity index (χ1) is 8.04. The van der Waals surface area contributed by atoms with E-state index < -0.39 is 5.82 Å². The molecule has 1 fully saturated rings. The van der Waals surface area contributed by atoms with Crippen molar-refractivity contribution < 1.29 is 9.18 Å². The molecule has 0 atom stereocenters. The van der Waals surface area contributed by atoms with E-state index in [0.717, 1.165) is 19.0 Å². The molecule has 2 N–H and O–H groups in total. The monoisotopic (exact) mass is 237 g/mol.